The molecule has 0 saturated carbocycles. The summed E-state index contributed by atoms with van der Waals surface area (Å²) in [5.41, 5.74) is 1.30. The number of carboxylic acid groups (broad SMARTS) is 1. The van der Waals surface area contributed by atoms with Crippen molar-refractivity contribution >= 4 is 23.6 Å². The first-order chi connectivity index (χ1) is 9.38. The fourth-order valence-electron chi connectivity index (χ4n) is 2.58. The van der Waals surface area contributed by atoms with Gasteiger partial charge in [-0.15, -0.1) is 11.8 Å². The number of hydrogen-bond acceptors (Lipinski definition) is 4. The maximum absolute atomic E-state index is 12.8. The van der Waals surface area contributed by atoms with Crippen molar-refractivity contribution in [3.63, 3.8) is 0 Å². The predicted molar refractivity (Wildman–Crippen MR) is 77.0 cm³/mol. The second-order valence-corrected chi connectivity index (χ2v) is 6.19. The molecule has 20 heavy (non-hydrogen) atoms. The Bertz CT molecular complexity index is 552. The first kappa shape index (κ1) is 15.0. The number of carboxylic acids is 1. The van der Waals surface area contributed by atoms with Crippen molar-refractivity contribution in [1.29, 1.82) is 0 Å². The van der Waals surface area contributed by atoms with Gasteiger partial charge in [-0.2, -0.15) is 0 Å². The van der Waals surface area contributed by atoms with Crippen LogP contribution in [0.2, 0.25) is 0 Å². The minimum atomic E-state index is -0.947. The van der Waals surface area contributed by atoms with E-state index >= 15 is 0 Å². The minimum absolute atomic E-state index is 0.0855. The number of amides is 1. The summed E-state index contributed by atoms with van der Waals surface area (Å²) in [5, 5.41) is 9.22. The molecule has 1 saturated heterocycles. The Labute approximate surface area is 122 Å². The van der Waals surface area contributed by atoms with Crippen LogP contribution in [0.1, 0.15) is 40.8 Å². The van der Waals surface area contributed by atoms with Crippen molar-refractivity contribution in [3.8, 4) is 0 Å². The zero-order valence-corrected chi connectivity index (χ0v) is 12.9. The number of aliphatic carboxylic acids is 1. The van der Waals surface area contributed by atoms with E-state index < -0.39 is 12.0 Å². The number of thioether (sulfide) groups is 1. The van der Waals surface area contributed by atoms with Crippen LogP contribution < -0.4 is 0 Å². The molecule has 2 unspecified atom stereocenters. The average molecular weight is 297 g/mol. The number of carbonyl (C=O) groups is 2. The normalized spacial score (nSPS) is 22.3. The first-order valence-corrected chi connectivity index (χ1v) is 7.67. The van der Waals surface area contributed by atoms with E-state index in [1.807, 2.05) is 20.8 Å². The highest BCUT2D eigenvalue weighted by atomic mass is 32.2. The summed E-state index contributed by atoms with van der Waals surface area (Å²) >= 11 is 1.52. The fourth-order valence-corrected chi connectivity index (χ4v) is 3.92. The molecule has 2 atom stereocenters. The molecule has 6 heteroatoms. The van der Waals surface area contributed by atoms with Crippen LogP contribution in [0.15, 0.2) is 4.42 Å². The molecule has 0 bridgehead atoms. The van der Waals surface area contributed by atoms with Crippen LogP contribution in [0.4, 0.5) is 0 Å². The van der Waals surface area contributed by atoms with Gasteiger partial charge in [-0.25, -0.2) is 4.79 Å². The predicted octanol–water partition coefficient (Wildman–Crippen LogP) is 2.58. The van der Waals surface area contributed by atoms with E-state index in [-0.39, 0.29) is 11.3 Å². The largest absolute Gasteiger partial charge is 0.480 e. The maximum Gasteiger partial charge on any atom is 0.327 e. The Kier molecular flexibility index (Phi) is 4.13. The molecule has 1 N–H and O–H groups in total. The molecular weight excluding hydrogens is 278 g/mol. The fraction of sp³-hybridized carbons (Fsp3) is 0.571. The Morgan fingerprint density at radius 2 is 2.00 bits per heavy atom. The lowest BCUT2D eigenvalue weighted by Gasteiger charge is -2.26. The summed E-state index contributed by atoms with van der Waals surface area (Å²) in [6, 6.07) is -0.758. The highest BCUT2D eigenvalue weighted by molar-refractivity contribution is 8.00. The van der Waals surface area contributed by atoms with E-state index in [1.165, 1.54) is 16.7 Å². The van der Waals surface area contributed by atoms with Gasteiger partial charge in [0.05, 0.1) is 10.9 Å². The van der Waals surface area contributed by atoms with Gasteiger partial charge in [-0.3, -0.25) is 4.79 Å². The van der Waals surface area contributed by atoms with Gasteiger partial charge >= 0.3 is 5.97 Å². The quantitative estimate of drug-likeness (QED) is 0.928. The van der Waals surface area contributed by atoms with Crippen LogP contribution in [-0.4, -0.2) is 39.1 Å². The van der Waals surface area contributed by atoms with E-state index in [4.69, 9.17) is 4.42 Å². The second-order valence-electron chi connectivity index (χ2n) is 4.98. The molecule has 1 amide bonds. The van der Waals surface area contributed by atoms with Crippen molar-refractivity contribution in [1.82, 2.24) is 4.90 Å². The summed E-state index contributed by atoms with van der Waals surface area (Å²) in [5.74, 6) is 0.519. The second kappa shape index (κ2) is 5.52. The molecule has 1 aromatic heterocycles. The van der Waals surface area contributed by atoms with Crippen molar-refractivity contribution in [2.24, 2.45) is 0 Å². The third kappa shape index (κ3) is 2.32. The molecular formula is C14H19NO4S. The lowest BCUT2D eigenvalue weighted by atomic mass is 10.1. The number of aryl methyl sites for hydroxylation is 2. The SMILES string of the molecule is CCC1SCC(C(=O)O)N1C(=O)c1c(C)oc(C)c1C. The van der Waals surface area contributed by atoms with Crippen LogP contribution in [0.25, 0.3) is 0 Å². The highest BCUT2D eigenvalue weighted by Crippen LogP contribution is 2.34. The number of rotatable bonds is 3. The number of furan rings is 1. The zero-order chi connectivity index (χ0) is 15.0. The minimum Gasteiger partial charge on any atom is -0.480 e. The van der Waals surface area contributed by atoms with E-state index in [2.05, 4.69) is 0 Å². The van der Waals surface area contributed by atoms with Crippen LogP contribution in [0.5, 0.6) is 0 Å². The molecule has 5 nitrogen and oxygen atoms in total. The molecule has 2 rings (SSSR count). The molecule has 0 spiro atoms. The Morgan fingerprint density at radius 3 is 2.45 bits per heavy atom. The van der Waals surface area contributed by atoms with Crippen LogP contribution in [-0.2, 0) is 4.79 Å². The van der Waals surface area contributed by atoms with Gasteiger partial charge in [0.2, 0.25) is 0 Å². The Morgan fingerprint density at radius 1 is 1.35 bits per heavy atom. The Balaban J connectivity index is 2.41. The van der Waals surface area contributed by atoms with E-state index in [0.29, 0.717) is 22.8 Å². The molecule has 2 heterocycles. The van der Waals surface area contributed by atoms with E-state index in [1.54, 1.807) is 6.92 Å². The summed E-state index contributed by atoms with van der Waals surface area (Å²) in [6.45, 7) is 7.35. The van der Waals surface area contributed by atoms with Crippen LogP contribution >= 0.6 is 11.8 Å². The van der Waals surface area contributed by atoms with Crippen molar-refractivity contribution < 1.29 is 19.1 Å². The molecule has 1 aromatic rings. The lowest BCUT2D eigenvalue weighted by Crippen LogP contribution is -2.45. The number of hydrogen-bond donors (Lipinski definition) is 1. The summed E-state index contributed by atoms with van der Waals surface area (Å²) in [7, 11) is 0. The third-order valence-corrected chi connectivity index (χ3v) is 5.19. The topological polar surface area (TPSA) is 70.8 Å². The van der Waals surface area contributed by atoms with Crippen LogP contribution in [0.3, 0.4) is 0 Å². The maximum atomic E-state index is 12.8. The molecule has 110 valence electrons. The van der Waals surface area contributed by atoms with Crippen molar-refractivity contribution in [3.05, 3.63) is 22.6 Å². The van der Waals surface area contributed by atoms with Gasteiger partial charge < -0.3 is 14.4 Å². The first-order valence-electron chi connectivity index (χ1n) is 6.62. The van der Waals surface area contributed by atoms with Gasteiger partial charge in [0, 0.05) is 11.3 Å². The van der Waals surface area contributed by atoms with Gasteiger partial charge in [0.25, 0.3) is 5.91 Å². The highest BCUT2D eigenvalue weighted by Gasteiger charge is 2.42. The molecule has 0 aliphatic carbocycles. The molecule has 1 aliphatic heterocycles. The standard InChI is InChI=1S/C14H19NO4S/c1-5-11-15(10(6-20-11)14(17)18)13(16)12-7(2)8(3)19-9(12)4/h10-11H,5-6H2,1-4H3,(H,17,18). The average Bonchev–Trinajstić information content (AvgIpc) is 2.91. The molecule has 0 radical (unpaired) electrons. The van der Waals surface area contributed by atoms with Crippen molar-refractivity contribution in [2.45, 2.75) is 45.5 Å². The smallest absolute Gasteiger partial charge is 0.327 e. The monoisotopic (exact) mass is 297 g/mol. The van der Waals surface area contributed by atoms with Gasteiger partial charge in [0.15, 0.2) is 0 Å². The number of carbonyl (C=O) groups excluding carboxylic acids is 1. The molecule has 1 aliphatic rings. The van der Waals surface area contributed by atoms with Crippen LogP contribution in [0, 0.1) is 20.8 Å². The van der Waals surface area contributed by atoms with Gasteiger partial charge in [-0.1, -0.05) is 6.92 Å². The van der Waals surface area contributed by atoms with Gasteiger partial charge in [0.1, 0.15) is 17.6 Å². The van der Waals surface area contributed by atoms with Gasteiger partial charge in [-0.05, 0) is 27.2 Å². The summed E-state index contributed by atoms with van der Waals surface area (Å²) < 4.78 is 5.49. The summed E-state index contributed by atoms with van der Waals surface area (Å²) in [4.78, 5) is 25.6. The Hall–Kier alpha value is -1.43. The molecule has 0 aromatic carbocycles. The van der Waals surface area contributed by atoms with Crippen molar-refractivity contribution in [2.75, 3.05) is 5.75 Å². The van der Waals surface area contributed by atoms with E-state index in [9.17, 15) is 14.7 Å². The lowest BCUT2D eigenvalue weighted by molar-refractivity contribution is -0.141. The zero-order valence-electron chi connectivity index (χ0n) is 12.1. The molecule has 1 fully saturated rings. The summed E-state index contributed by atoms with van der Waals surface area (Å²) in [6.07, 6.45) is 0.731. The number of nitrogens with zero attached hydrogens (tertiary/aromatic N) is 1. The third-order valence-electron chi connectivity index (χ3n) is 3.74. The van der Waals surface area contributed by atoms with E-state index in [0.717, 1.165) is 12.0 Å².